The summed E-state index contributed by atoms with van der Waals surface area (Å²) in [5.41, 5.74) is 6.81. The fraction of sp³-hybridized carbons (Fsp3) is 0.368. The number of benzene rings is 1. The van der Waals surface area contributed by atoms with Gasteiger partial charge in [0.05, 0.1) is 12.2 Å². The van der Waals surface area contributed by atoms with Crippen molar-refractivity contribution in [3.05, 3.63) is 47.8 Å². The summed E-state index contributed by atoms with van der Waals surface area (Å²) < 4.78 is 1.65. The molecule has 1 spiro atoms. The lowest BCUT2D eigenvalue weighted by Crippen LogP contribution is -2.46. The van der Waals surface area contributed by atoms with Crippen molar-refractivity contribution in [3.8, 4) is 0 Å². The molecule has 146 valence electrons. The highest BCUT2D eigenvalue weighted by Crippen LogP contribution is 2.54. The fourth-order valence-corrected chi connectivity index (χ4v) is 4.37. The van der Waals surface area contributed by atoms with E-state index in [9.17, 15) is 14.4 Å². The number of nitrogens with one attached hydrogen (secondary N) is 1. The maximum absolute atomic E-state index is 13.2. The summed E-state index contributed by atoms with van der Waals surface area (Å²) in [7, 11) is 3.27. The molecule has 2 aromatic rings. The number of likely N-dealkylation sites (N-methyl/N-ethyl adjacent to an activating group) is 1. The smallest absolute Gasteiger partial charge is 0.314 e. The highest BCUT2D eigenvalue weighted by atomic mass is 16.2. The molecule has 0 radical (unpaired) electrons. The number of aryl methyl sites for hydroxylation is 1. The Kier molecular flexibility index (Phi) is 4.10. The number of aromatic nitrogens is 2. The lowest BCUT2D eigenvalue weighted by Gasteiger charge is -2.34. The van der Waals surface area contributed by atoms with Gasteiger partial charge in [0.25, 0.3) is 0 Å². The Morgan fingerprint density at radius 2 is 2.14 bits per heavy atom. The van der Waals surface area contributed by atoms with E-state index in [1.165, 1.54) is 7.05 Å². The minimum Gasteiger partial charge on any atom is -0.351 e. The van der Waals surface area contributed by atoms with Gasteiger partial charge in [-0.25, -0.2) is 4.79 Å². The second-order valence-corrected chi connectivity index (χ2v) is 7.35. The monoisotopic (exact) mass is 382 g/mol. The third-order valence-corrected chi connectivity index (χ3v) is 5.70. The number of carbonyl (C=O) groups is 3. The van der Waals surface area contributed by atoms with Crippen LogP contribution in [0.2, 0.25) is 0 Å². The molecule has 1 fully saturated rings. The topological polar surface area (TPSA) is 114 Å². The lowest BCUT2D eigenvalue weighted by molar-refractivity contribution is -0.133. The van der Waals surface area contributed by atoms with Gasteiger partial charge in [-0.1, -0.05) is 18.2 Å². The summed E-state index contributed by atoms with van der Waals surface area (Å²) in [6.07, 6.45) is 4.00. The van der Waals surface area contributed by atoms with Crippen LogP contribution in [0.1, 0.15) is 23.6 Å². The van der Waals surface area contributed by atoms with Crippen molar-refractivity contribution < 1.29 is 14.4 Å². The SMILES string of the molecule is CN(CC(=O)N1CCC2(C(=O)Nc3ccccc32)C1c1cnn(C)c1)C(N)=O. The minimum absolute atomic E-state index is 0.124. The maximum Gasteiger partial charge on any atom is 0.314 e. The molecular formula is C19H22N6O3. The number of nitrogens with two attached hydrogens (primary N) is 1. The van der Waals surface area contributed by atoms with Crippen LogP contribution in [-0.4, -0.2) is 57.6 Å². The van der Waals surface area contributed by atoms with Gasteiger partial charge in [-0.3, -0.25) is 14.3 Å². The number of anilines is 1. The standard InChI is InChI=1S/C19H22N6O3/c1-23(18(20)28)11-15(26)25-8-7-19(16(25)12-9-21-24(2)10-12)13-5-3-4-6-14(13)22-17(19)27/h3-6,9-10,16H,7-8,11H2,1-2H3,(H2,20,28)(H,22,27). The molecule has 0 saturated carbocycles. The Balaban J connectivity index is 1.80. The van der Waals surface area contributed by atoms with Crippen LogP contribution in [-0.2, 0) is 22.1 Å². The molecule has 3 heterocycles. The van der Waals surface area contributed by atoms with Crippen LogP contribution < -0.4 is 11.1 Å². The number of rotatable bonds is 3. The molecule has 2 aliphatic heterocycles. The van der Waals surface area contributed by atoms with Crippen molar-refractivity contribution in [2.45, 2.75) is 17.9 Å². The summed E-state index contributed by atoms with van der Waals surface area (Å²) in [4.78, 5) is 40.4. The van der Waals surface area contributed by atoms with E-state index in [1.807, 2.05) is 30.5 Å². The zero-order valence-corrected chi connectivity index (χ0v) is 15.8. The molecule has 3 N–H and O–H groups in total. The van der Waals surface area contributed by atoms with Crippen LogP contribution >= 0.6 is 0 Å². The van der Waals surface area contributed by atoms with Crippen LogP contribution in [0, 0.1) is 0 Å². The first-order chi connectivity index (χ1) is 13.3. The number of hydrogen-bond donors (Lipinski definition) is 2. The molecule has 9 heteroatoms. The third-order valence-electron chi connectivity index (χ3n) is 5.70. The second-order valence-electron chi connectivity index (χ2n) is 7.35. The molecule has 2 atom stereocenters. The van der Waals surface area contributed by atoms with Crippen molar-refractivity contribution in [3.63, 3.8) is 0 Å². The van der Waals surface area contributed by atoms with Crippen molar-refractivity contribution >= 4 is 23.5 Å². The van der Waals surface area contributed by atoms with Crippen LogP contribution in [0.15, 0.2) is 36.7 Å². The number of likely N-dealkylation sites (tertiary alicyclic amines) is 1. The molecule has 4 rings (SSSR count). The molecule has 28 heavy (non-hydrogen) atoms. The Hall–Kier alpha value is -3.36. The van der Waals surface area contributed by atoms with E-state index < -0.39 is 17.5 Å². The predicted octanol–water partition coefficient (Wildman–Crippen LogP) is 0.594. The summed E-state index contributed by atoms with van der Waals surface area (Å²) in [5.74, 6) is -0.384. The van der Waals surface area contributed by atoms with Crippen LogP contribution in [0.5, 0.6) is 0 Å². The normalized spacial score (nSPS) is 23.0. The lowest BCUT2D eigenvalue weighted by atomic mass is 9.73. The number of nitrogens with zero attached hydrogens (tertiary/aromatic N) is 4. The van der Waals surface area contributed by atoms with E-state index in [0.29, 0.717) is 13.0 Å². The largest absolute Gasteiger partial charge is 0.351 e. The Morgan fingerprint density at radius 1 is 1.39 bits per heavy atom. The average molecular weight is 382 g/mol. The van der Waals surface area contributed by atoms with Gasteiger partial charge < -0.3 is 20.9 Å². The highest BCUT2D eigenvalue weighted by molar-refractivity contribution is 6.07. The van der Waals surface area contributed by atoms with Crippen molar-refractivity contribution in [2.75, 3.05) is 25.5 Å². The highest BCUT2D eigenvalue weighted by Gasteiger charge is 2.59. The van der Waals surface area contributed by atoms with Crippen molar-refractivity contribution in [1.82, 2.24) is 19.6 Å². The number of carbonyl (C=O) groups excluding carboxylic acids is 3. The molecule has 2 aliphatic rings. The average Bonchev–Trinajstić information content (AvgIpc) is 3.32. The molecule has 0 aliphatic carbocycles. The summed E-state index contributed by atoms with van der Waals surface area (Å²) in [6.45, 7) is 0.248. The zero-order valence-electron chi connectivity index (χ0n) is 15.8. The Morgan fingerprint density at radius 3 is 2.82 bits per heavy atom. The van der Waals surface area contributed by atoms with E-state index in [1.54, 1.807) is 22.8 Å². The number of amides is 4. The van der Waals surface area contributed by atoms with Gasteiger partial charge in [-0.2, -0.15) is 5.10 Å². The molecule has 1 aromatic carbocycles. The number of primary amides is 1. The van der Waals surface area contributed by atoms with Gasteiger partial charge in [0.1, 0.15) is 12.0 Å². The summed E-state index contributed by atoms with van der Waals surface area (Å²) in [5, 5.41) is 7.21. The number of urea groups is 1. The Bertz CT molecular complexity index is 970. The maximum atomic E-state index is 13.2. The number of fused-ring (bicyclic) bond motifs is 2. The van der Waals surface area contributed by atoms with Gasteiger partial charge in [0.2, 0.25) is 11.8 Å². The quantitative estimate of drug-likeness (QED) is 0.809. The van der Waals surface area contributed by atoms with Crippen LogP contribution in [0.3, 0.4) is 0 Å². The van der Waals surface area contributed by atoms with E-state index >= 15 is 0 Å². The van der Waals surface area contributed by atoms with Crippen LogP contribution in [0.4, 0.5) is 10.5 Å². The van der Waals surface area contributed by atoms with E-state index in [2.05, 4.69) is 10.4 Å². The first-order valence-corrected chi connectivity index (χ1v) is 9.04. The summed E-state index contributed by atoms with van der Waals surface area (Å²) >= 11 is 0. The molecule has 2 unspecified atom stereocenters. The fourth-order valence-electron chi connectivity index (χ4n) is 4.37. The first kappa shape index (κ1) is 18.0. The third kappa shape index (κ3) is 2.54. The zero-order chi connectivity index (χ0) is 20.1. The minimum atomic E-state index is -0.888. The van der Waals surface area contributed by atoms with Crippen molar-refractivity contribution in [2.24, 2.45) is 12.8 Å². The Labute approximate surface area is 162 Å². The van der Waals surface area contributed by atoms with E-state index in [-0.39, 0.29) is 18.4 Å². The predicted molar refractivity (Wildman–Crippen MR) is 101 cm³/mol. The van der Waals surface area contributed by atoms with Gasteiger partial charge >= 0.3 is 6.03 Å². The molecular weight excluding hydrogens is 360 g/mol. The molecule has 4 amide bonds. The van der Waals surface area contributed by atoms with E-state index in [0.717, 1.165) is 21.7 Å². The number of para-hydroxylation sites is 1. The van der Waals surface area contributed by atoms with Gasteiger partial charge in [0.15, 0.2) is 0 Å². The van der Waals surface area contributed by atoms with Crippen molar-refractivity contribution in [1.29, 1.82) is 0 Å². The molecule has 9 nitrogen and oxygen atoms in total. The summed E-state index contributed by atoms with van der Waals surface area (Å²) in [6, 6.07) is 6.37. The molecule has 0 bridgehead atoms. The first-order valence-electron chi connectivity index (χ1n) is 9.04. The molecule has 1 aromatic heterocycles. The number of hydrogen-bond acceptors (Lipinski definition) is 4. The van der Waals surface area contributed by atoms with Crippen LogP contribution in [0.25, 0.3) is 0 Å². The second kappa shape index (κ2) is 6.36. The van der Waals surface area contributed by atoms with Gasteiger partial charge in [-0.05, 0) is 18.1 Å². The van der Waals surface area contributed by atoms with Gasteiger partial charge in [0, 0.05) is 38.1 Å². The van der Waals surface area contributed by atoms with E-state index in [4.69, 9.17) is 5.73 Å². The van der Waals surface area contributed by atoms with Gasteiger partial charge in [-0.15, -0.1) is 0 Å². The molecule has 1 saturated heterocycles.